The summed E-state index contributed by atoms with van der Waals surface area (Å²) in [6.45, 7) is 4.00. The normalized spacial score (nSPS) is 20.5. The van der Waals surface area contributed by atoms with Crippen molar-refractivity contribution in [3.05, 3.63) is 28.3 Å². The molecule has 1 aromatic carbocycles. The van der Waals surface area contributed by atoms with Crippen LogP contribution in [0.25, 0.3) is 0 Å². The van der Waals surface area contributed by atoms with E-state index in [1.165, 1.54) is 25.0 Å². The van der Waals surface area contributed by atoms with Crippen LogP contribution in [0.5, 0.6) is 0 Å². The molecule has 1 aliphatic heterocycles. The summed E-state index contributed by atoms with van der Waals surface area (Å²) in [5.41, 5.74) is 7.40. The summed E-state index contributed by atoms with van der Waals surface area (Å²) < 4.78 is 0. The fourth-order valence-corrected chi connectivity index (χ4v) is 2.71. The maximum atomic E-state index is 10.7. The van der Waals surface area contributed by atoms with Gasteiger partial charge in [0.1, 0.15) is 0 Å². The van der Waals surface area contributed by atoms with Crippen molar-refractivity contribution in [2.75, 3.05) is 36.8 Å². The Hall–Kier alpha value is -1.82. The Morgan fingerprint density at radius 1 is 1.21 bits per heavy atom. The van der Waals surface area contributed by atoms with Crippen LogP contribution in [0, 0.1) is 10.1 Å². The maximum Gasteiger partial charge on any atom is 0.271 e. The quantitative estimate of drug-likeness (QED) is 0.507. The van der Waals surface area contributed by atoms with Gasteiger partial charge < -0.3 is 10.6 Å². The van der Waals surface area contributed by atoms with Crippen molar-refractivity contribution >= 4 is 17.1 Å². The number of nitrogens with two attached hydrogens (primary N) is 1. The van der Waals surface area contributed by atoms with Gasteiger partial charge in [-0.15, -0.1) is 0 Å². The monoisotopic (exact) mass is 262 g/mol. The molecular formula is C13H18N4O2. The Bertz CT molecular complexity index is 493. The first-order chi connectivity index (χ1) is 9.15. The number of piperazine rings is 1. The minimum absolute atomic E-state index is 0.0536. The molecule has 1 aliphatic carbocycles. The Kier molecular flexibility index (Phi) is 3.02. The maximum absolute atomic E-state index is 10.7. The molecule has 6 heteroatoms. The molecule has 2 aliphatic rings. The third-order valence-corrected chi connectivity index (χ3v) is 3.94. The Morgan fingerprint density at radius 3 is 2.42 bits per heavy atom. The SMILES string of the molecule is Nc1cc([N+](=O)[O-])ccc1N1CCN(C2CC2)CC1. The summed E-state index contributed by atoms with van der Waals surface area (Å²) in [4.78, 5) is 15.0. The number of hydrogen-bond donors (Lipinski definition) is 1. The van der Waals surface area contributed by atoms with Gasteiger partial charge in [-0.05, 0) is 18.9 Å². The van der Waals surface area contributed by atoms with E-state index in [9.17, 15) is 10.1 Å². The third-order valence-electron chi connectivity index (χ3n) is 3.94. The average molecular weight is 262 g/mol. The molecule has 1 saturated heterocycles. The number of nitro groups is 1. The minimum atomic E-state index is -0.412. The van der Waals surface area contributed by atoms with Crippen LogP contribution in [-0.2, 0) is 0 Å². The predicted molar refractivity (Wildman–Crippen MR) is 74.3 cm³/mol. The van der Waals surface area contributed by atoms with Crippen molar-refractivity contribution in [1.29, 1.82) is 0 Å². The van der Waals surface area contributed by atoms with Crippen molar-refractivity contribution < 1.29 is 4.92 Å². The number of benzene rings is 1. The van der Waals surface area contributed by atoms with E-state index in [0.29, 0.717) is 5.69 Å². The molecule has 0 atom stereocenters. The molecule has 3 rings (SSSR count). The molecule has 1 saturated carbocycles. The number of nitrogen functional groups attached to an aromatic ring is 1. The van der Waals surface area contributed by atoms with Crippen molar-refractivity contribution in [2.45, 2.75) is 18.9 Å². The van der Waals surface area contributed by atoms with Gasteiger partial charge in [-0.2, -0.15) is 0 Å². The number of non-ortho nitro benzene ring substituents is 1. The van der Waals surface area contributed by atoms with Crippen molar-refractivity contribution in [1.82, 2.24) is 4.90 Å². The van der Waals surface area contributed by atoms with Crippen LogP contribution < -0.4 is 10.6 Å². The Morgan fingerprint density at radius 2 is 1.89 bits per heavy atom. The topological polar surface area (TPSA) is 75.6 Å². The zero-order valence-electron chi connectivity index (χ0n) is 10.8. The molecule has 0 radical (unpaired) electrons. The van der Waals surface area contributed by atoms with Crippen LogP contribution in [0.1, 0.15) is 12.8 Å². The van der Waals surface area contributed by atoms with Crippen molar-refractivity contribution in [3.63, 3.8) is 0 Å². The van der Waals surface area contributed by atoms with E-state index in [4.69, 9.17) is 5.73 Å². The first-order valence-corrected chi connectivity index (χ1v) is 6.68. The lowest BCUT2D eigenvalue weighted by molar-refractivity contribution is -0.384. The highest BCUT2D eigenvalue weighted by Gasteiger charge is 2.31. The number of nitrogens with zero attached hydrogens (tertiary/aromatic N) is 3. The zero-order chi connectivity index (χ0) is 13.4. The fourth-order valence-electron chi connectivity index (χ4n) is 2.71. The van der Waals surface area contributed by atoms with E-state index in [0.717, 1.165) is 37.9 Å². The van der Waals surface area contributed by atoms with E-state index in [1.807, 2.05) is 0 Å². The van der Waals surface area contributed by atoms with Gasteiger partial charge in [-0.25, -0.2) is 0 Å². The third kappa shape index (κ3) is 2.49. The number of rotatable bonds is 3. The molecular weight excluding hydrogens is 244 g/mol. The highest BCUT2D eigenvalue weighted by Crippen LogP contribution is 2.31. The number of anilines is 2. The second-order valence-corrected chi connectivity index (χ2v) is 5.25. The van der Waals surface area contributed by atoms with Crippen LogP contribution in [0.4, 0.5) is 17.1 Å². The first-order valence-electron chi connectivity index (χ1n) is 6.68. The molecule has 0 bridgehead atoms. The van der Waals surface area contributed by atoms with Gasteiger partial charge in [-0.3, -0.25) is 15.0 Å². The van der Waals surface area contributed by atoms with E-state index in [2.05, 4.69) is 9.80 Å². The van der Waals surface area contributed by atoms with Crippen LogP contribution in [0.2, 0.25) is 0 Å². The lowest BCUT2D eigenvalue weighted by Gasteiger charge is -2.36. The highest BCUT2D eigenvalue weighted by molar-refractivity contribution is 5.70. The molecule has 2 fully saturated rings. The summed E-state index contributed by atoms with van der Waals surface area (Å²) >= 11 is 0. The van der Waals surface area contributed by atoms with Crippen LogP contribution in [-0.4, -0.2) is 42.0 Å². The van der Waals surface area contributed by atoms with E-state index < -0.39 is 4.92 Å². The van der Waals surface area contributed by atoms with Crippen molar-refractivity contribution in [2.24, 2.45) is 0 Å². The van der Waals surface area contributed by atoms with Crippen LogP contribution in [0.15, 0.2) is 18.2 Å². The van der Waals surface area contributed by atoms with Gasteiger partial charge in [0.2, 0.25) is 0 Å². The standard InChI is InChI=1S/C13H18N4O2/c14-12-9-11(17(18)19)3-4-13(12)16-7-5-15(6-8-16)10-1-2-10/h3-4,9-10H,1-2,5-8,14H2. The molecule has 6 nitrogen and oxygen atoms in total. The second-order valence-electron chi connectivity index (χ2n) is 5.25. The predicted octanol–water partition coefficient (Wildman–Crippen LogP) is 1.46. The summed E-state index contributed by atoms with van der Waals surface area (Å²) in [6.07, 6.45) is 2.67. The average Bonchev–Trinajstić information content (AvgIpc) is 3.23. The molecule has 2 N–H and O–H groups in total. The lowest BCUT2D eigenvalue weighted by atomic mass is 10.2. The molecule has 1 heterocycles. The highest BCUT2D eigenvalue weighted by atomic mass is 16.6. The summed E-state index contributed by atoms with van der Waals surface area (Å²) in [5, 5.41) is 10.7. The lowest BCUT2D eigenvalue weighted by Crippen LogP contribution is -2.47. The molecule has 0 spiro atoms. The van der Waals surface area contributed by atoms with Crippen LogP contribution in [0.3, 0.4) is 0 Å². The second kappa shape index (κ2) is 4.70. The van der Waals surface area contributed by atoms with Gasteiger partial charge in [0.25, 0.3) is 5.69 Å². The smallest absolute Gasteiger partial charge is 0.271 e. The van der Waals surface area contributed by atoms with Gasteiger partial charge >= 0.3 is 0 Å². The number of nitro benzene ring substituents is 1. The molecule has 102 valence electrons. The largest absolute Gasteiger partial charge is 0.397 e. The van der Waals surface area contributed by atoms with Gasteiger partial charge in [-0.1, -0.05) is 0 Å². The summed E-state index contributed by atoms with van der Waals surface area (Å²) in [5.74, 6) is 0. The van der Waals surface area contributed by atoms with Gasteiger partial charge in [0.05, 0.1) is 16.3 Å². The van der Waals surface area contributed by atoms with Gasteiger partial charge in [0, 0.05) is 44.4 Å². The Balaban J connectivity index is 1.70. The van der Waals surface area contributed by atoms with E-state index in [-0.39, 0.29) is 5.69 Å². The fraction of sp³-hybridized carbons (Fsp3) is 0.538. The molecule has 0 amide bonds. The van der Waals surface area contributed by atoms with Crippen LogP contribution >= 0.6 is 0 Å². The summed E-state index contributed by atoms with van der Waals surface area (Å²) in [6, 6.07) is 5.54. The summed E-state index contributed by atoms with van der Waals surface area (Å²) in [7, 11) is 0. The molecule has 0 aromatic heterocycles. The molecule has 1 aromatic rings. The minimum Gasteiger partial charge on any atom is -0.397 e. The Labute approximate surface area is 111 Å². The molecule has 19 heavy (non-hydrogen) atoms. The number of hydrogen-bond acceptors (Lipinski definition) is 5. The van der Waals surface area contributed by atoms with E-state index in [1.54, 1.807) is 6.07 Å². The van der Waals surface area contributed by atoms with E-state index >= 15 is 0 Å². The molecule has 0 unspecified atom stereocenters. The zero-order valence-corrected chi connectivity index (χ0v) is 10.8. The van der Waals surface area contributed by atoms with Crippen molar-refractivity contribution in [3.8, 4) is 0 Å². The first kappa shape index (κ1) is 12.2. The van der Waals surface area contributed by atoms with Gasteiger partial charge in [0.15, 0.2) is 0 Å².